The first-order valence-corrected chi connectivity index (χ1v) is 7.06. The molecular weight excluding hydrogens is 224 g/mol. The monoisotopic (exact) mass is 256 g/mol. The second kappa shape index (κ2) is 7.13. The van der Waals surface area contributed by atoms with Gasteiger partial charge >= 0.3 is 0 Å². The zero-order valence-corrected chi connectivity index (χ0v) is 13.3. The minimum Gasteiger partial charge on any atom is -0.351 e. The normalized spacial score (nSPS) is 12.9. The van der Waals surface area contributed by atoms with Crippen molar-refractivity contribution in [3.8, 4) is 0 Å². The summed E-state index contributed by atoms with van der Waals surface area (Å²) < 4.78 is 0. The van der Waals surface area contributed by atoms with Crippen molar-refractivity contribution >= 4 is 5.91 Å². The zero-order chi connectivity index (χ0) is 14.4. The van der Waals surface area contributed by atoms with E-state index in [2.05, 4.69) is 59.1 Å². The first-order chi connectivity index (χ1) is 8.02. The topological polar surface area (TPSA) is 41.1 Å². The van der Waals surface area contributed by atoms with Gasteiger partial charge in [-0.25, -0.2) is 0 Å². The molecule has 0 spiro atoms. The Labute approximate surface area is 113 Å². The number of amides is 1. The molecule has 0 rings (SSSR count). The van der Waals surface area contributed by atoms with Crippen LogP contribution in [0.25, 0.3) is 0 Å². The van der Waals surface area contributed by atoms with Crippen LogP contribution in [-0.4, -0.2) is 24.0 Å². The van der Waals surface area contributed by atoms with Gasteiger partial charge in [-0.2, -0.15) is 0 Å². The Morgan fingerprint density at radius 2 is 1.67 bits per heavy atom. The molecule has 3 heteroatoms. The summed E-state index contributed by atoms with van der Waals surface area (Å²) in [5, 5.41) is 6.46. The number of rotatable bonds is 7. The summed E-state index contributed by atoms with van der Waals surface area (Å²) in [7, 11) is 0. The predicted octanol–water partition coefficient (Wildman–Crippen LogP) is 3.10. The fourth-order valence-electron chi connectivity index (χ4n) is 2.45. The van der Waals surface area contributed by atoms with E-state index in [0.717, 1.165) is 19.4 Å². The lowest BCUT2D eigenvalue weighted by Crippen LogP contribution is -2.45. The smallest absolute Gasteiger partial charge is 0.220 e. The van der Waals surface area contributed by atoms with Crippen molar-refractivity contribution in [3.63, 3.8) is 0 Å². The van der Waals surface area contributed by atoms with Crippen molar-refractivity contribution < 1.29 is 4.79 Å². The third-order valence-corrected chi connectivity index (χ3v) is 2.58. The maximum absolute atomic E-state index is 11.9. The highest BCUT2D eigenvalue weighted by Crippen LogP contribution is 2.26. The second-order valence-electron chi connectivity index (χ2n) is 7.38. The highest BCUT2D eigenvalue weighted by atomic mass is 16.1. The molecule has 3 nitrogen and oxygen atoms in total. The van der Waals surface area contributed by atoms with Crippen molar-refractivity contribution in [3.05, 3.63) is 0 Å². The number of nitrogens with one attached hydrogen (secondary N) is 2. The second-order valence-corrected chi connectivity index (χ2v) is 7.38. The van der Waals surface area contributed by atoms with Gasteiger partial charge < -0.3 is 10.6 Å². The van der Waals surface area contributed by atoms with Crippen molar-refractivity contribution in [1.29, 1.82) is 0 Å². The van der Waals surface area contributed by atoms with Crippen LogP contribution in [0, 0.1) is 5.41 Å². The zero-order valence-electron chi connectivity index (χ0n) is 13.3. The lowest BCUT2D eigenvalue weighted by molar-refractivity contribution is -0.123. The summed E-state index contributed by atoms with van der Waals surface area (Å²) in [4.78, 5) is 11.9. The largest absolute Gasteiger partial charge is 0.351 e. The van der Waals surface area contributed by atoms with Crippen molar-refractivity contribution in [2.24, 2.45) is 5.41 Å². The summed E-state index contributed by atoms with van der Waals surface area (Å²) in [6.45, 7) is 15.9. The van der Waals surface area contributed by atoms with Crippen molar-refractivity contribution in [2.75, 3.05) is 6.54 Å². The van der Waals surface area contributed by atoms with Crippen LogP contribution < -0.4 is 10.6 Å². The summed E-state index contributed by atoms with van der Waals surface area (Å²) >= 11 is 0. The van der Waals surface area contributed by atoms with Gasteiger partial charge in [-0.15, -0.1) is 0 Å². The first kappa shape index (κ1) is 17.4. The average Bonchev–Trinajstić information content (AvgIpc) is 2.06. The van der Waals surface area contributed by atoms with Crippen LogP contribution in [0.1, 0.15) is 67.7 Å². The van der Waals surface area contributed by atoms with Crippen LogP contribution in [0.3, 0.4) is 0 Å². The molecule has 0 saturated heterocycles. The van der Waals surface area contributed by atoms with E-state index in [1.807, 2.05) is 0 Å². The number of hydrogen-bond donors (Lipinski definition) is 2. The molecule has 0 unspecified atom stereocenters. The van der Waals surface area contributed by atoms with Gasteiger partial charge in [0.1, 0.15) is 0 Å². The molecule has 1 amide bonds. The minimum atomic E-state index is -0.124. The van der Waals surface area contributed by atoms with Crippen LogP contribution in [0.15, 0.2) is 0 Å². The van der Waals surface area contributed by atoms with Crippen molar-refractivity contribution in [1.82, 2.24) is 10.6 Å². The van der Waals surface area contributed by atoms with Gasteiger partial charge in [-0.1, -0.05) is 34.6 Å². The molecule has 18 heavy (non-hydrogen) atoms. The SMILES string of the molecule is CC(C)NCCCC(=O)NC(C)(C)CC(C)(C)C. The Bertz CT molecular complexity index is 252. The van der Waals surface area contributed by atoms with E-state index in [9.17, 15) is 4.79 Å². The third-order valence-electron chi connectivity index (χ3n) is 2.58. The van der Waals surface area contributed by atoms with Gasteiger partial charge in [-0.3, -0.25) is 4.79 Å². The maximum atomic E-state index is 11.9. The molecule has 0 aliphatic carbocycles. The van der Waals surface area contributed by atoms with E-state index in [-0.39, 0.29) is 16.9 Å². The van der Waals surface area contributed by atoms with E-state index in [4.69, 9.17) is 0 Å². The highest BCUT2D eigenvalue weighted by molar-refractivity contribution is 5.76. The molecular formula is C15H32N2O. The molecule has 0 fully saturated rings. The van der Waals surface area contributed by atoms with Gasteiger partial charge in [0.15, 0.2) is 0 Å². The molecule has 0 aliphatic heterocycles. The van der Waals surface area contributed by atoms with E-state index >= 15 is 0 Å². The number of carbonyl (C=O) groups excluding carboxylic acids is 1. The van der Waals surface area contributed by atoms with E-state index in [1.165, 1.54) is 0 Å². The van der Waals surface area contributed by atoms with E-state index < -0.39 is 0 Å². The first-order valence-electron chi connectivity index (χ1n) is 7.06. The molecule has 0 radical (unpaired) electrons. The van der Waals surface area contributed by atoms with Crippen LogP contribution in [0.2, 0.25) is 0 Å². The van der Waals surface area contributed by atoms with Crippen molar-refractivity contribution in [2.45, 2.75) is 79.3 Å². The van der Waals surface area contributed by atoms with E-state index in [1.54, 1.807) is 0 Å². The summed E-state index contributed by atoms with van der Waals surface area (Å²) in [6, 6.07) is 0.491. The Kier molecular flexibility index (Phi) is 6.90. The maximum Gasteiger partial charge on any atom is 0.220 e. The highest BCUT2D eigenvalue weighted by Gasteiger charge is 2.26. The molecule has 0 saturated carbocycles. The minimum absolute atomic E-state index is 0.124. The third kappa shape index (κ3) is 10.6. The molecule has 0 aliphatic rings. The predicted molar refractivity (Wildman–Crippen MR) is 78.7 cm³/mol. The van der Waals surface area contributed by atoms with Gasteiger partial charge in [0, 0.05) is 18.0 Å². The van der Waals surface area contributed by atoms with E-state index in [0.29, 0.717) is 12.5 Å². The lowest BCUT2D eigenvalue weighted by atomic mass is 9.82. The molecule has 0 atom stereocenters. The molecule has 0 aromatic carbocycles. The Morgan fingerprint density at radius 1 is 1.11 bits per heavy atom. The van der Waals surface area contributed by atoms with Gasteiger partial charge in [-0.05, 0) is 38.6 Å². The molecule has 2 N–H and O–H groups in total. The Hall–Kier alpha value is -0.570. The average molecular weight is 256 g/mol. The van der Waals surface area contributed by atoms with Gasteiger partial charge in [0.2, 0.25) is 5.91 Å². The fraction of sp³-hybridized carbons (Fsp3) is 0.933. The van der Waals surface area contributed by atoms with Gasteiger partial charge in [0.25, 0.3) is 0 Å². The van der Waals surface area contributed by atoms with Gasteiger partial charge in [0.05, 0.1) is 0 Å². The van der Waals surface area contributed by atoms with Crippen LogP contribution in [0.5, 0.6) is 0 Å². The van der Waals surface area contributed by atoms with Crippen LogP contribution in [0.4, 0.5) is 0 Å². The number of carbonyl (C=O) groups is 1. The molecule has 0 bridgehead atoms. The Balaban J connectivity index is 3.93. The summed E-state index contributed by atoms with van der Waals surface area (Å²) in [5.41, 5.74) is 0.108. The summed E-state index contributed by atoms with van der Waals surface area (Å²) in [6.07, 6.45) is 2.49. The van der Waals surface area contributed by atoms with Crippen LogP contribution >= 0.6 is 0 Å². The van der Waals surface area contributed by atoms with Crippen LogP contribution in [-0.2, 0) is 4.79 Å². The fourth-order valence-corrected chi connectivity index (χ4v) is 2.45. The molecule has 108 valence electrons. The standard InChI is InChI=1S/C15H32N2O/c1-12(2)16-10-8-9-13(18)17-15(6,7)11-14(3,4)5/h12,16H,8-11H2,1-7H3,(H,17,18). The quantitative estimate of drug-likeness (QED) is 0.687. The summed E-state index contributed by atoms with van der Waals surface area (Å²) in [5.74, 6) is 0.162. The lowest BCUT2D eigenvalue weighted by Gasteiger charge is -2.33. The molecule has 0 aromatic heterocycles. The molecule has 0 aromatic rings. The molecule has 0 heterocycles. The Morgan fingerprint density at radius 3 is 2.11 bits per heavy atom. The number of hydrogen-bond acceptors (Lipinski definition) is 2.